The van der Waals surface area contributed by atoms with Crippen molar-refractivity contribution >= 4 is 27.7 Å². The van der Waals surface area contributed by atoms with Gasteiger partial charge in [0, 0.05) is 18.7 Å². The highest BCUT2D eigenvalue weighted by Gasteiger charge is 2.26. The predicted molar refractivity (Wildman–Crippen MR) is 107 cm³/mol. The van der Waals surface area contributed by atoms with Gasteiger partial charge in [-0.1, -0.05) is 39.0 Å². The van der Waals surface area contributed by atoms with Crippen molar-refractivity contribution in [2.75, 3.05) is 12.6 Å². The molecule has 0 aliphatic rings. The van der Waals surface area contributed by atoms with Crippen LogP contribution in [0.25, 0.3) is 0 Å². The minimum absolute atomic E-state index is 0.474. The molecule has 0 aromatic heterocycles. The van der Waals surface area contributed by atoms with E-state index >= 15 is 0 Å². The zero-order chi connectivity index (χ0) is 23.9. The fourth-order valence-corrected chi connectivity index (χ4v) is 2.69. The van der Waals surface area contributed by atoms with E-state index in [1.807, 2.05) is 0 Å². The zero-order valence-electron chi connectivity index (χ0n) is 16.9. The summed E-state index contributed by atoms with van der Waals surface area (Å²) in [6, 6.07) is 1.15. The van der Waals surface area contributed by atoms with Gasteiger partial charge in [0.1, 0.15) is 12.2 Å². The molecule has 0 heterocycles. The number of nitrogens with zero attached hydrogens (tertiary/aromatic N) is 2. The van der Waals surface area contributed by atoms with E-state index in [0.29, 0.717) is 6.54 Å². The molecule has 0 unspecified atom stereocenters. The van der Waals surface area contributed by atoms with Gasteiger partial charge in [-0.3, -0.25) is 24.4 Å². The Morgan fingerprint density at radius 1 is 1.06 bits per heavy atom. The lowest BCUT2D eigenvalue weighted by Crippen LogP contribution is -2.18. The van der Waals surface area contributed by atoms with Crippen LogP contribution in [0.2, 0.25) is 0 Å². The number of amides is 1. The fourth-order valence-electron chi connectivity index (χ4n) is 2.32. The number of nitrogens with one attached hydrogen (secondary N) is 1. The van der Waals surface area contributed by atoms with Crippen molar-refractivity contribution in [3.63, 3.8) is 0 Å². The molecular weight excluding hydrogens is 444 g/mol. The Morgan fingerprint density at radius 2 is 1.58 bits per heavy atom. The number of unbranched alkanes of at least 4 members (excludes halogenated alkanes) is 5. The van der Waals surface area contributed by atoms with Crippen molar-refractivity contribution in [2.24, 2.45) is 0 Å². The molecule has 0 saturated carbocycles. The first-order valence-electron chi connectivity index (χ1n) is 9.32. The first-order chi connectivity index (χ1) is 14.6. The van der Waals surface area contributed by atoms with Crippen LogP contribution in [0.4, 0.5) is 25.0 Å². The van der Waals surface area contributed by atoms with E-state index in [1.54, 1.807) is 0 Å². The number of hydrogen-bond donors (Lipinski definition) is 1. The molecule has 0 spiro atoms. The average Bonchev–Trinajstić information content (AvgIpc) is 2.71. The van der Waals surface area contributed by atoms with Gasteiger partial charge >= 0.3 is 6.16 Å². The highest BCUT2D eigenvalue weighted by atomic mass is 32.2. The van der Waals surface area contributed by atoms with E-state index in [4.69, 9.17) is 0 Å². The molecular formula is C17H25F2N3O8S. The standard InChI is InChI=1S/C9H18FNO.C8H7FN2O7S/c1-2-3-4-5-6-7-8-11-9(10)12;9-5-19(16,17)18-4-6-7(10(12)13)2-1-3-8(6)11(14)15/h2-8H2,1H3,(H,11,12);1-3H,4-5H2. The number of carbonyl (C=O) groups is 1. The minimum atomic E-state index is -4.51. The SMILES string of the molecule is CCCCCCCCNC(=O)F.O=[N+]([O-])c1cccc([N+](=O)[O-])c1COS(=O)(=O)CF. The van der Waals surface area contributed by atoms with E-state index < -0.39 is 55.7 Å². The molecule has 176 valence electrons. The number of alkyl halides is 1. The first-order valence-corrected chi connectivity index (χ1v) is 10.9. The fraction of sp³-hybridized carbons (Fsp3) is 0.588. The van der Waals surface area contributed by atoms with E-state index in [2.05, 4.69) is 16.4 Å². The summed E-state index contributed by atoms with van der Waals surface area (Å²) in [5.41, 5.74) is -1.90. The van der Waals surface area contributed by atoms with Crippen molar-refractivity contribution < 1.29 is 36.0 Å². The minimum Gasteiger partial charge on any atom is -0.328 e. The number of nitro groups is 2. The number of hydrogen-bond acceptors (Lipinski definition) is 8. The quantitative estimate of drug-likeness (QED) is 0.112. The number of halogens is 2. The van der Waals surface area contributed by atoms with Crippen LogP contribution in [0.5, 0.6) is 0 Å². The van der Waals surface area contributed by atoms with Crippen LogP contribution >= 0.6 is 0 Å². The van der Waals surface area contributed by atoms with Gasteiger partial charge in [-0.15, -0.1) is 4.39 Å². The van der Waals surface area contributed by atoms with Crippen molar-refractivity contribution in [1.29, 1.82) is 0 Å². The van der Waals surface area contributed by atoms with E-state index in [0.717, 1.165) is 31.0 Å². The Hall–Kier alpha value is -2.74. The lowest BCUT2D eigenvalue weighted by molar-refractivity contribution is -0.396. The van der Waals surface area contributed by atoms with Crippen LogP contribution in [0.15, 0.2) is 18.2 Å². The molecule has 0 fully saturated rings. The van der Waals surface area contributed by atoms with Gasteiger partial charge in [-0.25, -0.2) is 9.18 Å². The molecule has 1 N–H and O–H groups in total. The Morgan fingerprint density at radius 3 is 2.03 bits per heavy atom. The highest BCUT2D eigenvalue weighted by molar-refractivity contribution is 7.86. The number of nitro benzene ring substituents is 2. The van der Waals surface area contributed by atoms with Gasteiger partial charge in [0.2, 0.25) is 6.01 Å². The monoisotopic (exact) mass is 469 g/mol. The Balaban J connectivity index is 0.000000649. The van der Waals surface area contributed by atoms with Gasteiger partial charge in [-0.05, 0) is 12.5 Å². The summed E-state index contributed by atoms with van der Waals surface area (Å²) in [6.45, 7) is 1.66. The molecule has 1 rings (SSSR count). The maximum absolute atomic E-state index is 12.0. The second-order valence-electron chi connectivity index (χ2n) is 6.19. The van der Waals surface area contributed by atoms with Gasteiger partial charge in [0.05, 0.1) is 9.85 Å². The summed E-state index contributed by atoms with van der Waals surface area (Å²) in [6.07, 6.45) is 5.51. The Labute approximate surface area is 178 Å². The smallest absolute Gasteiger partial charge is 0.328 e. The molecule has 0 atom stereocenters. The Bertz CT molecular complexity index is 804. The first kappa shape index (κ1) is 28.3. The maximum atomic E-state index is 12.0. The third-order valence-electron chi connectivity index (χ3n) is 3.83. The van der Waals surface area contributed by atoms with Crippen LogP contribution in [0.3, 0.4) is 0 Å². The normalized spacial score (nSPS) is 10.7. The topological polar surface area (TPSA) is 159 Å². The number of rotatable bonds is 13. The molecule has 0 saturated heterocycles. The lowest BCUT2D eigenvalue weighted by atomic mass is 10.1. The van der Waals surface area contributed by atoms with E-state index in [1.165, 1.54) is 25.7 Å². The van der Waals surface area contributed by atoms with Crippen molar-refractivity contribution in [3.05, 3.63) is 44.0 Å². The molecule has 0 bridgehead atoms. The predicted octanol–water partition coefficient (Wildman–Crippen LogP) is 4.30. The lowest BCUT2D eigenvalue weighted by Gasteiger charge is -2.04. The van der Waals surface area contributed by atoms with Crippen LogP contribution < -0.4 is 5.32 Å². The number of benzene rings is 1. The van der Waals surface area contributed by atoms with Gasteiger partial charge < -0.3 is 5.32 Å². The highest BCUT2D eigenvalue weighted by Crippen LogP contribution is 2.29. The van der Waals surface area contributed by atoms with Crippen LogP contribution in [-0.2, 0) is 20.9 Å². The van der Waals surface area contributed by atoms with Gasteiger partial charge in [0.15, 0.2) is 0 Å². The van der Waals surface area contributed by atoms with Crippen molar-refractivity contribution in [2.45, 2.75) is 52.1 Å². The van der Waals surface area contributed by atoms with Gasteiger partial charge in [0.25, 0.3) is 21.5 Å². The molecule has 1 aromatic rings. The zero-order valence-corrected chi connectivity index (χ0v) is 17.7. The second-order valence-corrected chi connectivity index (χ2v) is 7.76. The van der Waals surface area contributed by atoms with Crippen molar-refractivity contribution in [3.8, 4) is 0 Å². The molecule has 0 aliphatic carbocycles. The van der Waals surface area contributed by atoms with E-state index in [-0.39, 0.29) is 0 Å². The summed E-state index contributed by atoms with van der Waals surface area (Å²) >= 11 is 0. The van der Waals surface area contributed by atoms with Gasteiger partial charge in [-0.2, -0.15) is 8.42 Å². The van der Waals surface area contributed by atoms with Crippen LogP contribution in [0, 0.1) is 20.2 Å². The summed E-state index contributed by atoms with van der Waals surface area (Å²) in [7, 11) is -4.51. The molecule has 0 aliphatic heterocycles. The molecule has 14 heteroatoms. The van der Waals surface area contributed by atoms with Crippen LogP contribution in [0.1, 0.15) is 51.0 Å². The van der Waals surface area contributed by atoms with Crippen molar-refractivity contribution in [1.82, 2.24) is 5.32 Å². The average molecular weight is 469 g/mol. The third-order valence-corrected chi connectivity index (χ3v) is 4.57. The Kier molecular flexibility index (Phi) is 13.8. The molecule has 1 amide bonds. The molecule has 31 heavy (non-hydrogen) atoms. The third kappa shape index (κ3) is 12.5. The largest absolute Gasteiger partial charge is 0.397 e. The molecule has 0 radical (unpaired) electrons. The maximum Gasteiger partial charge on any atom is 0.397 e. The molecule has 1 aromatic carbocycles. The summed E-state index contributed by atoms with van der Waals surface area (Å²) < 4.78 is 49.3. The molecule has 11 nitrogen and oxygen atoms in total. The van der Waals surface area contributed by atoms with E-state index in [9.17, 15) is 42.2 Å². The second kappa shape index (κ2) is 15.1. The van der Waals surface area contributed by atoms with Crippen LogP contribution in [-0.4, -0.2) is 37.0 Å². The summed E-state index contributed by atoms with van der Waals surface area (Å²) in [5.74, 6) is 0. The summed E-state index contributed by atoms with van der Waals surface area (Å²) in [5, 5.41) is 23.5. The number of carbonyl (C=O) groups excluding carboxylic acids is 1. The summed E-state index contributed by atoms with van der Waals surface area (Å²) in [4.78, 5) is 29.3.